The summed E-state index contributed by atoms with van der Waals surface area (Å²) in [5.74, 6) is 1.24. The number of hydrogen-bond acceptors (Lipinski definition) is 5. The number of nitrogens with zero attached hydrogens (tertiary/aromatic N) is 3. The fourth-order valence-corrected chi connectivity index (χ4v) is 4.80. The normalized spacial score (nSPS) is 27.5. The topological polar surface area (TPSA) is 68.5 Å². The molecule has 2 bridgehead atoms. The highest BCUT2D eigenvalue weighted by atomic mass is 35.5. The number of nitrogens with one attached hydrogen (secondary N) is 1. The first-order chi connectivity index (χ1) is 12.6. The fourth-order valence-electron chi connectivity index (χ4n) is 4.64. The minimum absolute atomic E-state index is 0.0124. The van der Waals surface area contributed by atoms with Gasteiger partial charge in [0.25, 0.3) is 0 Å². The highest BCUT2D eigenvalue weighted by molar-refractivity contribution is 6.28. The van der Waals surface area contributed by atoms with Crippen LogP contribution in [0, 0.1) is 17.8 Å². The highest BCUT2D eigenvalue weighted by Gasteiger charge is 2.48. The van der Waals surface area contributed by atoms with Gasteiger partial charge in [0.1, 0.15) is 5.52 Å². The van der Waals surface area contributed by atoms with Gasteiger partial charge in [-0.25, -0.2) is 4.52 Å². The average molecular weight is 375 g/mol. The van der Waals surface area contributed by atoms with E-state index in [1.54, 1.807) is 10.6 Å². The molecular weight excluding hydrogens is 352 g/mol. The molecule has 5 rings (SSSR count). The van der Waals surface area contributed by atoms with Crippen LogP contribution in [-0.2, 0) is 9.53 Å². The van der Waals surface area contributed by atoms with Crippen molar-refractivity contribution in [3.8, 4) is 0 Å². The molecule has 2 heterocycles. The van der Waals surface area contributed by atoms with Crippen LogP contribution in [0.3, 0.4) is 0 Å². The molecule has 3 aliphatic carbocycles. The molecule has 3 saturated carbocycles. The molecule has 0 unspecified atom stereocenters. The second kappa shape index (κ2) is 6.91. The maximum atomic E-state index is 12.6. The van der Waals surface area contributed by atoms with Crippen LogP contribution in [0.4, 0.5) is 5.82 Å². The molecule has 0 aliphatic heterocycles. The van der Waals surface area contributed by atoms with Gasteiger partial charge in [-0.2, -0.15) is 4.98 Å². The first-order valence-electron chi connectivity index (χ1n) is 9.23. The van der Waals surface area contributed by atoms with Crippen molar-refractivity contribution >= 4 is 35.0 Å². The second-order valence-electron chi connectivity index (χ2n) is 7.11. The van der Waals surface area contributed by atoms with Gasteiger partial charge >= 0.3 is 5.97 Å². The maximum Gasteiger partial charge on any atom is 0.311 e. The second-order valence-corrected chi connectivity index (χ2v) is 7.45. The molecule has 26 heavy (non-hydrogen) atoms. The van der Waals surface area contributed by atoms with Gasteiger partial charge in [0, 0.05) is 6.04 Å². The first kappa shape index (κ1) is 17.3. The number of hydrogen-bond donors (Lipinski definition) is 1. The number of rotatable bonds is 5. The van der Waals surface area contributed by atoms with Crippen molar-refractivity contribution in [1.29, 1.82) is 0 Å². The molecule has 0 radical (unpaired) electrons. The number of fused-ring (bicyclic) bond motifs is 4. The van der Waals surface area contributed by atoms with Gasteiger partial charge in [-0.3, -0.25) is 4.79 Å². The van der Waals surface area contributed by atoms with Crippen LogP contribution in [-0.4, -0.2) is 33.2 Å². The fraction of sp³-hybridized carbons (Fsp3) is 0.526. The third kappa shape index (κ3) is 2.86. The van der Waals surface area contributed by atoms with Gasteiger partial charge in [0.05, 0.1) is 18.2 Å². The van der Waals surface area contributed by atoms with Crippen molar-refractivity contribution in [2.45, 2.75) is 38.6 Å². The van der Waals surface area contributed by atoms with Crippen molar-refractivity contribution in [1.82, 2.24) is 14.6 Å². The van der Waals surface area contributed by atoms with Crippen molar-refractivity contribution in [2.75, 3.05) is 11.9 Å². The zero-order chi connectivity index (χ0) is 18.3. The Morgan fingerprint density at radius 3 is 2.81 bits per heavy atom. The van der Waals surface area contributed by atoms with Crippen molar-refractivity contribution in [3.05, 3.63) is 29.7 Å². The average Bonchev–Trinajstić information content (AvgIpc) is 3.05. The predicted molar refractivity (Wildman–Crippen MR) is 101 cm³/mol. The predicted octanol–water partition coefficient (Wildman–Crippen LogP) is 3.81. The van der Waals surface area contributed by atoms with E-state index in [0.29, 0.717) is 24.3 Å². The lowest BCUT2D eigenvalue weighted by molar-refractivity contribution is -0.154. The van der Waals surface area contributed by atoms with Gasteiger partial charge < -0.3 is 10.1 Å². The van der Waals surface area contributed by atoms with E-state index in [1.165, 1.54) is 0 Å². The molecule has 0 amide bonds. The molecule has 3 aliphatic rings. The summed E-state index contributed by atoms with van der Waals surface area (Å²) in [6.45, 7) is 6.07. The SMILES string of the molecule is C=Cc1ccc2c(N[C@H]3[C@H]4CC[C@H](CC4)[C@@H]3C(=O)OCC)nc(Cl)nn12. The lowest BCUT2D eigenvalue weighted by Crippen LogP contribution is -2.52. The van der Waals surface area contributed by atoms with Crippen LogP contribution in [0.2, 0.25) is 5.28 Å². The molecule has 6 nitrogen and oxygen atoms in total. The van der Waals surface area contributed by atoms with Crippen LogP contribution >= 0.6 is 11.6 Å². The van der Waals surface area contributed by atoms with E-state index in [2.05, 4.69) is 22.0 Å². The number of ether oxygens (including phenoxy) is 1. The van der Waals surface area contributed by atoms with Gasteiger partial charge in [-0.05, 0) is 74.3 Å². The van der Waals surface area contributed by atoms with E-state index in [9.17, 15) is 4.79 Å². The first-order valence-corrected chi connectivity index (χ1v) is 9.61. The molecule has 3 fully saturated rings. The summed E-state index contributed by atoms with van der Waals surface area (Å²) in [6.07, 6.45) is 6.18. The summed E-state index contributed by atoms with van der Waals surface area (Å²) in [4.78, 5) is 17.0. The largest absolute Gasteiger partial charge is 0.466 e. The van der Waals surface area contributed by atoms with Crippen molar-refractivity contribution < 1.29 is 9.53 Å². The number of anilines is 1. The Bertz CT molecular complexity index is 841. The Morgan fingerprint density at radius 2 is 2.12 bits per heavy atom. The molecule has 0 saturated heterocycles. The monoisotopic (exact) mass is 374 g/mol. The van der Waals surface area contributed by atoms with Crippen LogP contribution in [0.1, 0.15) is 38.3 Å². The summed E-state index contributed by atoms with van der Waals surface area (Å²) in [6, 6.07) is 3.88. The van der Waals surface area contributed by atoms with Crippen molar-refractivity contribution in [3.63, 3.8) is 0 Å². The van der Waals surface area contributed by atoms with E-state index < -0.39 is 0 Å². The molecule has 0 aromatic carbocycles. The Hall–Kier alpha value is -2.08. The minimum Gasteiger partial charge on any atom is -0.466 e. The van der Waals surface area contributed by atoms with E-state index in [1.807, 2.05) is 19.1 Å². The lowest BCUT2D eigenvalue weighted by atomic mass is 9.61. The zero-order valence-corrected chi connectivity index (χ0v) is 15.6. The molecule has 0 spiro atoms. The Labute approximate surface area is 157 Å². The number of carbonyl (C=O) groups is 1. The van der Waals surface area contributed by atoms with Gasteiger partial charge in [-0.15, -0.1) is 5.10 Å². The minimum atomic E-state index is -0.134. The van der Waals surface area contributed by atoms with Crippen LogP contribution in [0.15, 0.2) is 18.7 Å². The Morgan fingerprint density at radius 1 is 1.38 bits per heavy atom. The van der Waals surface area contributed by atoms with Gasteiger partial charge in [-0.1, -0.05) is 6.58 Å². The number of esters is 1. The van der Waals surface area contributed by atoms with Crippen LogP contribution in [0.5, 0.6) is 0 Å². The molecule has 2 aromatic heterocycles. The summed E-state index contributed by atoms with van der Waals surface area (Å²) >= 11 is 6.15. The van der Waals surface area contributed by atoms with E-state index in [4.69, 9.17) is 16.3 Å². The van der Waals surface area contributed by atoms with E-state index >= 15 is 0 Å². The van der Waals surface area contributed by atoms with E-state index in [0.717, 1.165) is 36.9 Å². The van der Waals surface area contributed by atoms with Gasteiger partial charge in [0.15, 0.2) is 5.82 Å². The van der Waals surface area contributed by atoms with Crippen LogP contribution in [0.25, 0.3) is 11.6 Å². The lowest BCUT2D eigenvalue weighted by Gasteiger charge is -2.47. The molecule has 2 atom stereocenters. The van der Waals surface area contributed by atoms with E-state index in [-0.39, 0.29) is 23.2 Å². The summed E-state index contributed by atoms with van der Waals surface area (Å²) < 4.78 is 7.11. The quantitative estimate of drug-likeness (QED) is 0.806. The molecule has 2 aromatic rings. The Balaban J connectivity index is 1.71. The molecule has 7 heteroatoms. The maximum absolute atomic E-state index is 12.6. The third-order valence-corrected chi connectivity index (χ3v) is 5.96. The van der Waals surface area contributed by atoms with Crippen LogP contribution < -0.4 is 5.32 Å². The number of carbonyl (C=O) groups excluding carboxylic acids is 1. The van der Waals surface area contributed by atoms with Crippen molar-refractivity contribution in [2.24, 2.45) is 17.8 Å². The zero-order valence-electron chi connectivity index (χ0n) is 14.8. The highest BCUT2D eigenvalue weighted by Crippen LogP contribution is 2.47. The Kier molecular flexibility index (Phi) is 4.61. The summed E-state index contributed by atoms with van der Waals surface area (Å²) in [5, 5.41) is 7.95. The third-order valence-electron chi connectivity index (χ3n) is 5.80. The summed E-state index contributed by atoms with van der Waals surface area (Å²) in [7, 11) is 0. The van der Waals surface area contributed by atoms with Gasteiger partial charge in [0.2, 0.25) is 5.28 Å². The molecule has 138 valence electrons. The standard InChI is InChI=1S/C19H23ClN4O2/c1-3-13-9-10-14-17(22-19(20)23-24(13)14)21-16-12-7-5-11(6-8-12)15(16)18(25)26-4-2/h3,9-12,15-16H,1,4-8H2,2H3,(H,21,22,23)/t11-,12+,15-,16-/m0/s1. The number of halogens is 1. The molecule has 1 N–H and O–H groups in total. The number of aromatic nitrogens is 3. The molecular formula is C19H23ClN4O2. The smallest absolute Gasteiger partial charge is 0.311 e. The summed E-state index contributed by atoms with van der Waals surface area (Å²) in [5.41, 5.74) is 1.67.